The summed E-state index contributed by atoms with van der Waals surface area (Å²) in [6.07, 6.45) is 0.752. The molecule has 1 rings (SSSR count). The zero-order chi connectivity index (χ0) is 15.3. The third-order valence-electron chi connectivity index (χ3n) is 2.52. The van der Waals surface area contributed by atoms with Crippen LogP contribution in [0.3, 0.4) is 0 Å². The molecule has 108 valence electrons. The van der Waals surface area contributed by atoms with E-state index in [0.29, 0.717) is 6.42 Å². The van der Waals surface area contributed by atoms with Gasteiger partial charge in [-0.2, -0.15) is 5.26 Å². The van der Waals surface area contributed by atoms with Crippen LogP contribution in [0.25, 0.3) is 0 Å². The van der Waals surface area contributed by atoms with Crippen LogP contribution in [0.5, 0.6) is 0 Å². The lowest BCUT2D eigenvalue weighted by molar-refractivity contribution is 0.0691. The molecule has 0 amide bonds. The van der Waals surface area contributed by atoms with E-state index in [1.165, 1.54) is 0 Å². The third-order valence-corrected chi connectivity index (χ3v) is 4.53. The van der Waals surface area contributed by atoms with E-state index in [2.05, 4.69) is 0 Å². The molecule has 0 heterocycles. The molecule has 0 unspecified atom stereocenters. The summed E-state index contributed by atoms with van der Waals surface area (Å²) in [6, 6.07) is 3.62. The third kappa shape index (κ3) is 3.92. The Kier molecular flexibility index (Phi) is 5.48. The molecular formula is C12H11ClFNO4S. The zero-order valence-electron chi connectivity index (χ0n) is 10.3. The Balaban J connectivity index is 3.12. The van der Waals surface area contributed by atoms with Crippen molar-refractivity contribution in [3.05, 3.63) is 28.5 Å². The van der Waals surface area contributed by atoms with E-state index < -0.39 is 32.1 Å². The number of halogens is 2. The number of carboxylic acid groups (broad SMARTS) is 1. The molecule has 0 aliphatic rings. The Morgan fingerprint density at radius 3 is 2.60 bits per heavy atom. The lowest BCUT2D eigenvalue weighted by atomic mass is 10.2. The number of hydrogen-bond donors (Lipinski definition) is 1. The molecule has 0 spiro atoms. The minimum Gasteiger partial charge on any atom is -0.478 e. The Labute approximate surface area is 120 Å². The number of aromatic carboxylic acids is 1. The second-order valence-corrected chi connectivity index (χ2v) is 6.52. The van der Waals surface area contributed by atoms with Crippen LogP contribution in [0, 0.1) is 17.1 Å². The van der Waals surface area contributed by atoms with Crippen molar-refractivity contribution in [2.75, 3.05) is 5.75 Å². The van der Waals surface area contributed by atoms with Crippen molar-refractivity contribution in [3.63, 3.8) is 0 Å². The van der Waals surface area contributed by atoms with Crippen molar-refractivity contribution < 1.29 is 22.7 Å². The Hall–Kier alpha value is -1.65. The van der Waals surface area contributed by atoms with E-state index in [-0.39, 0.29) is 23.6 Å². The first-order valence-corrected chi connectivity index (χ1v) is 7.64. The van der Waals surface area contributed by atoms with Gasteiger partial charge in [-0.05, 0) is 25.0 Å². The average molecular weight is 320 g/mol. The predicted octanol–water partition coefficient (Wildman–Crippen LogP) is 2.64. The lowest BCUT2D eigenvalue weighted by Gasteiger charge is -2.08. The maximum atomic E-state index is 13.9. The summed E-state index contributed by atoms with van der Waals surface area (Å²) in [4.78, 5) is 10.1. The molecular weight excluding hydrogens is 309 g/mol. The minimum absolute atomic E-state index is 0.167. The topological polar surface area (TPSA) is 95.2 Å². The van der Waals surface area contributed by atoms with E-state index in [1.807, 2.05) is 6.07 Å². The summed E-state index contributed by atoms with van der Waals surface area (Å²) in [5, 5.41) is 17.0. The molecule has 0 atom stereocenters. The van der Waals surface area contributed by atoms with Gasteiger partial charge in [0.2, 0.25) is 0 Å². The average Bonchev–Trinajstić information content (AvgIpc) is 2.36. The maximum Gasteiger partial charge on any atom is 0.338 e. The molecule has 8 heteroatoms. The molecule has 5 nitrogen and oxygen atoms in total. The van der Waals surface area contributed by atoms with Gasteiger partial charge in [0.15, 0.2) is 15.7 Å². The number of unbranched alkanes of at least 4 members (excludes halogenated alkanes) is 2. The van der Waals surface area contributed by atoms with Crippen molar-refractivity contribution in [2.45, 2.75) is 24.2 Å². The molecule has 0 aliphatic carbocycles. The molecule has 0 aliphatic heterocycles. The van der Waals surface area contributed by atoms with Crippen LogP contribution in [0.15, 0.2) is 17.0 Å². The molecule has 0 aromatic heterocycles. The van der Waals surface area contributed by atoms with Gasteiger partial charge in [-0.15, -0.1) is 0 Å². The summed E-state index contributed by atoms with van der Waals surface area (Å²) in [6.45, 7) is 0. The van der Waals surface area contributed by atoms with E-state index in [4.69, 9.17) is 22.0 Å². The first kappa shape index (κ1) is 16.4. The van der Waals surface area contributed by atoms with Gasteiger partial charge in [0.25, 0.3) is 0 Å². The fourth-order valence-electron chi connectivity index (χ4n) is 1.55. The van der Waals surface area contributed by atoms with Crippen LogP contribution in [0.1, 0.15) is 29.6 Å². The smallest absolute Gasteiger partial charge is 0.338 e. The molecule has 0 bridgehead atoms. The molecule has 1 N–H and O–H groups in total. The van der Waals surface area contributed by atoms with Crippen molar-refractivity contribution in [1.82, 2.24) is 0 Å². The van der Waals surface area contributed by atoms with Gasteiger partial charge in [0.05, 0.1) is 17.4 Å². The number of benzene rings is 1. The fourth-order valence-corrected chi connectivity index (χ4v) is 3.33. The van der Waals surface area contributed by atoms with Crippen LogP contribution in [-0.4, -0.2) is 25.2 Å². The van der Waals surface area contributed by atoms with E-state index in [9.17, 15) is 17.6 Å². The number of nitriles is 1. The Bertz CT molecular complexity index is 667. The molecule has 20 heavy (non-hydrogen) atoms. The SMILES string of the molecule is N#CCCCCS(=O)(=O)c1cc(Cl)cc(C(=O)O)c1F. The Morgan fingerprint density at radius 1 is 1.40 bits per heavy atom. The quantitative estimate of drug-likeness (QED) is 0.813. The highest BCUT2D eigenvalue weighted by atomic mass is 35.5. The summed E-state index contributed by atoms with van der Waals surface area (Å²) in [7, 11) is -3.98. The van der Waals surface area contributed by atoms with Crippen molar-refractivity contribution in [3.8, 4) is 6.07 Å². The maximum absolute atomic E-state index is 13.9. The summed E-state index contributed by atoms with van der Waals surface area (Å²) in [5.74, 6) is -3.28. The van der Waals surface area contributed by atoms with Gasteiger partial charge < -0.3 is 5.11 Å². The Morgan fingerprint density at radius 2 is 2.05 bits per heavy atom. The predicted molar refractivity (Wildman–Crippen MR) is 69.9 cm³/mol. The number of nitrogens with zero attached hydrogens (tertiary/aromatic N) is 1. The first-order chi connectivity index (χ1) is 9.29. The van der Waals surface area contributed by atoms with Crippen LogP contribution in [-0.2, 0) is 9.84 Å². The van der Waals surface area contributed by atoms with Crippen molar-refractivity contribution in [1.29, 1.82) is 5.26 Å². The van der Waals surface area contributed by atoms with Crippen molar-refractivity contribution in [2.24, 2.45) is 0 Å². The second-order valence-electron chi connectivity index (χ2n) is 4.00. The zero-order valence-corrected chi connectivity index (χ0v) is 11.8. The molecule has 0 saturated carbocycles. The van der Waals surface area contributed by atoms with E-state index >= 15 is 0 Å². The summed E-state index contributed by atoms with van der Waals surface area (Å²) >= 11 is 5.62. The van der Waals surface area contributed by atoms with Gasteiger partial charge in [-0.25, -0.2) is 17.6 Å². The van der Waals surface area contributed by atoms with Gasteiger partial charge in [-0.3, -0.25) is 0 Å². The number of rotatable bonds is 6. The van der Waals surface area contributed by atoms with Gasteiger partial charge >= 0.3 is 5.97 Å². The van der Waals surface area contributed by atoms with Crippen LogP contribution in [0.4, 0.5) is 4.39 Å². The summed E-state index contributed by atoms with van der Waals surface area (Å²) in [5.41, 5.74) is -0.784. The van der Waals surface area contributed by atoms with E-state index in [1.54, 1.807) is 0 Å². The number of hydrogen-bond acceptors (Lipinski definition) is 4. The molecule has 1 aromatic rings. The minimum atomic E-state index is -3.98. The summed E-state index contributed by atoms with van der Waals surface area (Å²) < 4.78 is 37.8. The monoisotopic (exact) mass is 319 g/mol. The first-order valence-electron chi connectivity index (χ1n) is 5.61. The normalized spacial score (nSPS) is 11.1. The molecule has 0 radical (unpaired) electrons. The van der Waals surface area contributed by atoms with Gasteiger partial charge in [0, 0.05) is 11.4 Å². The lowest BCUT2D eigenvalue weighted by Crippen LogP contribution is -2.12. The number of carbonyl (C=O) groups is 1. The van der Waals surface area contributed by atoms with E-state index in [0.717, 1.165) is 12.1 Å². The standard InChI is InChI=1S/C12H11ClFNO4S/c13-8-6-9(12(16)17)11(14)10(7-8)20(18,19)5-3-1-2-4-15/h6-7H,1-3,5H2,(H,16,17). The highest BCUT2D eigenvalue weighted by molar-refractivity contribution is 7.91. The molecule has 0 fully saturated rings. The van der Waals surface area contributed by atoms with Crippen LogP contribution >= 0.6 is 11.6 Å². The highest BCUT2D eigenvalue weighted by Gasteiger charge is 2.24. The molecule has 0 saturated heterocycles. The van der Waals surface area contributed by atoms with Gasteiger partial charge in [-0.1, -0.05) is 11.6 Å². The largest absolute Gasteiger partial charge is 0.478 e. The van der Waals surface area contributed by atoms with Crippen molar-refractivity contribution >= 4 is 27.4 Å². The second kappa shape index (κ2) is 6.68. The van der Waals surface area contributed by atoms with Crippen LogP contribution in [0.2, 0.25) is 5.02 Å². The van der Waals surface area contributed by atoms with Crippen LogP contribution < -0.4 is 0 Å². The fraction of sp³-hybridized carbons (Fsp3) is 0.333. The van der Waals surface area contributed by atoms with Gasteiger partial charge in [0.1, 0.15) is 4.90 Å². The number of carboxylic acids is 1. The number of sulfone groups is 1. The molecule has 1 aromatic carbocycles. The highest BCUT2D eigenvalue weighted by Crippen LogP contribution is 2.25.